The number of aliphatic hydroxyl groups excluding tert-OH is 1. The summed E-state index contributed by atoms with van der Waals surface area (Å²) in [5.41, 5.74) is 4.77. The van der Waals surface area contributed by atoms with Crippen LogP contribution < -0.4 is 15.8 Å². The molecule has 0 saturated carbocycles. The van der Waals surface area contributed by atoms with E-state index in [0.717, 1.165) is 18.6 Å². The number of hydrogen-bond acceptors (Lipinski definition) is 4. The van der Waals surface area contributed by atoms with Crippen LogP contribution in [0, 0.1) is 0 Å². The largest absolute Gasteiger partial charge is 0.491 e. The minimum atomic E-state index is -4.46. The summed E-state index contributed by atoms with van der Waals surface area (Å²) in [4.78, 5) is 11.6. The summed E-state index contributed by atoms with van der Waals surface area (Å²) in [7, 11) is 0. The van der Waals surface area contributed by atoms with Crippen LogP contribution in [-0.4, -0.2) is 36.3 Å². The molecule has 0 saturated heterocycles. The molecule has 0 aliphatic carbocycles. The van der Waals surface area contributed by atoms with Crippen LogP contribution in [0.1, 0.15) is 25.3 Å². The van der Waals surface area contributed by atoms with Gasteiger partial charge in [0, 0.05) is 6.54 Å². The second-order valence-corrected chi connectivity index (χ2v) is 5.13. The number of hydrogen-bond donors (Lipinski definition) is 3. The Labute approximate surface area is 132 Å². The average molecular weight is 334 g/mol. The Kier molecular flexibility index (Phi) is 7.31. The molecule has 2 atom stereocenters. The lowest BCUT2D eigenvalue weighted by molar-refractivity contribution is -0.137. The van der Waals surface area contributed by atoms with Gasteiger partial charge in [0.15, 0.2) is 0 Å². The van der Waals surface area contributed by atoms with E-state index in [0.29, 0.717) is 6.42 Å². The molecular weight excluding hydrogens is 313 g/mol. The summed E-state index contributed by atoms with van der Waals surface area (Å²) in [5.74, 6) is -0.391. The normalized spacial score (nSPS) is 14.2. The maximum Gasteiger partial charge on any atom is 0.416 e. The van der Waals surface area contributed by atoms with Crippen molar-refractivity contribution >= 4 is 5.91 Å². The Bertz CT molecular complexity index is 509. The van der Waals surface area contributed by atoms with Crippen LogP contribution in [0.15, 0.2) is 24.3 Å². The van der Waals surface area contributed by atoms with Gasteiger partial charge >= 0.3 is 6.18 Å². The molecule has 1 aromatic rings. The van der Waals surface area contributed by atoms with E-state index in [9.17, 15) is 23.1 Å². The highest BCUT2D eigenvalue weighted by molar-refractivity contribution is 5.81. The predicted molar refractivity (Wildman–Crippen MR) is 78.8 cm³/mol. The van der Waals surface area contributed by atoms with E-state index >= 15 is 0 Å². The fourth-order valence-electron chi connectivity index (χ4n) is 1.81. The van der Waals surface area contributed by atoms with Crippen molar-refractivity contribution in [1.29, 1.82) is 0 Å². The molecule has 5 nitrogen and oxygen atoms in total. The number of amides is 1. The van der Waals surface area contributed by atoms with Crippen molar-refractivity contribution in [2.75, 3.05) is 13.2 Å². The first-order valence-corrected chi connectivity index (χ1v) is 7.25. The van der Waals surface area contributed by atoms with Gasteiger partial charge in [-0.1, -0.05) is 19.4 Å². The van der Waals surface area contributed by atoms with Gasteiger partial charge < -0.3 is 20.9 Å². The van der Waals surface area contributed by atoms with Gasteiger partial charge in [-0.25, -0.2) is 0 Å². The van der Waals surface area contributed by atoms with Gasteiger partial charge in [0.05, 0.1) is 11.6 Å². The van der Waals surface area contributed by atoms with Crippen molar-refractivity contribution in [3.05, 3.63) is 29.8 Å². The van der Waals surface area contributed by atoms with E-state index in [2.05, 4.69) is 5.32 Å². The number of carbonyl (C=O) groups excluding carboxylic acids is 1. The van der Waals surface area contributed by atoms with Gasteiger partial charge in [0.2, 0.25) is 5.91 Å². The van der Waals surface area contributed by atoms with Gasteiger partial charge in [0.25, 0.3) is 0 Å². The molecule has 23 heavy (non-hydrogen) atoms. The van der Waals surface area contributed by atoms with Crippen LogP contribution in [0.2, 0.25) is 0 Å². The molecule has 1 rings (SSSR count). The third-order valence-electron chi connectivity index (χ3n) is 3.05. The molecule has 1 aromatic carbocycles. The van der Waals surface area contributed by atoms with Crippen molar-refractivity contribution in [1.82, 2.24) is 5.32 Å². The molecule has 8 heteroatoms. The highest BCUT2D eigenvalue weighted by Gasteiger charge is 2.30. The lowest BCUT2D eigenvalue weighted by Crippen LogP contribution is -2.44. The van der Waals surface area contributed by atoms with Crippen molar-refractivity contribution in [2.24, 2.45) is 5.73 Å². The lowest BCUT2D eigenvalue weighted by Gasteiger charge is -2.16. The zero-order chi connectivity index (χ0) is 17.5. The fourth-order valence-corrected chi connectivity index (χ4v) is 1.81. The van der Waals surface area contributed by atoms with Gasteiger partial charge in [-0.15, -0.1) is 0 Å². The summed E-state index contributed by atoms with van der Waals surface area (Å²) in [6.45, 7) is 1.56. The first-order valence-electron chi connectivity index (χ1n) is 7.25. The number of carbonyl (C=O) groups is 1. The van der Waals surface area contributed by atoms with Crippen LogP contribution in [0.5, 0.6) is 5.75 Å². The van der Waals surface area contributed by atoms with E-state index in [1.165, 1.54) is 12.1 Å². The predicted octanol–water partition coefficient (Wildman–Crippen LogP) is 1.69. The number of aliphatic hydroxyl groups is 1. The monoisotopic (exact) mass is 334 g/mol. The lowest BCUT2D eigenvalue weighted by atomic mass is 10.1. The highest BCUT2D eigenvalue weighted by atomic mass is 19.4. The van der Waals surface area contributed by atoms with Crippen LogP contribution in [0.4, 0.5) is 13.2 Å². The number of rotatable bonds is 8. The van der Waals surface area contributed by atoms with Crippen LogP contribution in [-0.2, 0) is 11.0 Å². The third-order valence-corrected chi connectivity index (χ3v) is 3.05. The summed E-state index contributed by atoms with van der Waals surface area (Å²) in [6, 6.07) is 3.71. The molecule has 0 aliphatic heterocycles. The minimum Gasteiger partial charge on any atom is -0.491 e. The molecule has 0 bridgehead atoms. The van der Waals surface area contributed by atoms with E-state index in [1.54, 1.807) is 0 Å². The van der Waals surface area contributed by atoms with Gasteiger partial charge in [-0.3, -0.25) is 4.79 Å². The van der Waals surface area contributed by atoms with Gasteiger partial charge in [-0.05, 0) is 24.6 Å². The number of halogens is 3. The second-order valence-electron chi connectivity index (χ2n) is 5.13. The zero-order valence-electron chi connectivity index (χ0n) is 12.8. The number of benzene rings is 1. The average Bonchev–Trinajstić information content (AvgIpc) is 2.50. The molecule has 0 spiro atoms. The quantitative estimate of drug-likeness (QED) is 0.675. The van der Waals surface area contributed by atoms with Gasteiger partial charge in [-0.2, -0.15) is 13.2 Å². The smallest absolute Gasteiger partial charge is 0.416 e. The number of ether oxygens (including phenoxy) is 1. The third kappa shape index (κ3) is 6.87. The molecule has 1 amide bonds. The molecule has 0 aromatic heterocycles. The molecule has 4 N–H and O–H groups in total. The maximum absolute atomic E-state index is 12.6. The topological polar surface area (TPSA) is 84.6 Å². The van der Waals surface area contributed by atoms with Crippen LogP contribution >= 0.6 is 0 Å². The summed E-state index contributed by atoms with van der Waals surface area (Å²) >= 11 is 0. The summed E-state index contributed by atoms with van der Waals surface area (Å²) in [5, 5.41) is 12.2. The maximum atomic E-state index is 12.6. The van der Waals surface area contributed by atoms with Crippen molar-refractivity contribution in [3.8, 4) is 5.75 Å². The van der Waals surface area contributed by atoms with E-state index in [-0.39, 0.29) is 24.8 Å². The van der Waals surface area contributed by atoms with E-state index in [4.69, 9.17) is 10.5 Å². The van der Waals surface area contributed by atoms with E-state index < -0.39 is 23.9 Å². The molecule has 130 valence electrons. The standard InChI is InChI=1S/C15H21F3N2O3/c1-2-4-13(19)14(22)20-8-11(21)9-23-12-6-3-5-10(7-12)15(16,17)18/h3,5-7,11,13,21H,2,4,8-9,19H2,1H3,(H,20,22). The fraction of sp³-hybridized carbons (Fsp3) is 0.533. The first kappa shape index (κ1) is 19.2. The number of nitrogens with two attached hydrogens (primary N) is 1. The van der Waals surface area contributed by atoms with Crippen molar-refractivity contribution < 1.29 is 27.8 Å². The Morgan fingerprint density at radius 1 is 1.43 bits per heavy atom. The molecule has 0 fully saturated rings. The molecular formula is C15H21F3N2O3. The number of alkyl halides is 3. The highest BCUT2D eigenvalue weighted by Crippen LogP contribution is 2.31. The molecule has 0 radical (unpaired) electrons. The molecule has 0 aliphatic rings. The SMILES string of the molecule is CCCC(N)C(=O)NCC(O)COc1cccc(C(F)(F)F)c1. The van der Waals surface area contributed by atoms with Crippen molar-refractivity contribution in [3.63, 3.8) is 0 Å². The molecule has 0 heterocycles. The number of nitrogens with one attached hydrogen (secondary N) is 1. The molecule has 2 unspecified atom stereocenters. The summed E-state index contributed by atoms with van der Waals surface area (Å²) < 4.78 is 42.8. The van der Waals surface area contributed by atoms with Crippen LogP contribution in [0.25, 0.3) is 0 Å². The zero-order valence-corrected chi connectivity index (χ0v) is 12.8. The Morgan fingerprint density at radius 2 is 2.13 bits per heavy atom. The Morgan fingerprint density at radius 3 is 2.74 bits per heavy atom. The van der Waals surface area contributed by atoms with Crippen molar-refractivity contribution in [2.45, 2.75) is 38.1 Å². The van der Waals surface area contributed by atoms with Crippen LogP contribution in [0.3, 0.4) is 0 Å². The Balaban J connectivity index is 2.42. The Hall–Kier alpha value is -1.80. The van der Waals surface area contributed by atoms with E-state index in [1.807, 2.05) is 6.92 Å². The van der Waals surface area contributed by atoms with Gasteiger partial charge in [0.1, 0.15) is 18.5 Å². The minimum absolute atomic E-state index is 0.00659. The second kappa shape index (κ2) is 8.73. The first-order chi connectivity index (χ1) is 10.7. The summed E-state index contributed by atoms with van der Waals surface area (Å²) in [6.07, 6.45) is -4.22.